The Kier molecular flexibility index (Phi) is 3.95. The molecule has 2 heterocycles. The first kappa shape index (κ1) is 14.1. The maximum atomic E-state index is 12.2. The summed E-state index contributed by atoms with van der Waals surface area (Å²) in [5.41, 5.74) is 6.62. The third kappa shape index (κ3) is 2.94. The van der Waals surface area contributed by atoms with E-state index in [1.54, 1.807) is 5.38 Å². The number of anilines is 1. The summed E-state index contributed by atoms with van der Waals surface area (Å²) in [6.45, 7) is 0. The predicted molar refractivity (Wildman–Crippen MR) is 85.5 cm³/mol. The van der Waals surface area contributed by atoms with E-state index in [1.807, 2.05) is 24.3 Å². The molecule has 0 aliphatic heterocycles. The van der Waals surface area contributed by atoms with Crippen molar-refractivity contribution >= 4 is 54.9 Å². The first-order valence-corrected chi connectivity index (χ1v) is 8.29. The quantitative estimate of drug-likeness (QED) is 0.578. The Morgan fingerprint density at radius 1 is 1.33 bits per heavy atom. The number of nitrogens with zero attached hydrogens (tertiary/aromatic N) is 3. The standard InChI is InChI=1S/C12H8N4O2S3/c13-11-14-7(5-19-11)9(16-18)10(17)21-12-15-6-3-1-2-4-8(6)20-12/h1-5,9H,(H2,13,14). The number of hydrogen-bond acceptors (Lipinski definition) is 9. The van der Waals surface area contributed by atoms with E-state index in [0.29, 0.717) is 9.47 Å². The molecule has 0 saturated carbocycles. The van der Waals surface area contributed by atoms with Crippen LogP contribution in [0.3, 0.4) is 0 Å². The lowest BCUT2D eigenvalue weighted by Crippen LogP contribution is -2.06. The van der Waals surface area contributed by atoms with Gasteiger partial charge in [0, 0.05) is 5.38 Å². The first-order valence-electron chi connectivity index (χ1n) is 5.78. The highest BCUT2D eigenvalue weighted by Gasteiger charge is 2.26. The predicted octanol–water partition coefficient (Wildman–Crippen LogP) is 3.46. The SMILES string of the molecule is Nc1nc(C(N=O)C(=O)Sc2nc3ccccc3s2)cs1. The Bertz CT molecular complexity index is 781. The van der Waals surface area contributed by atoms with Gasteiger partial charge in [-0.2, -0.15) is 0 Å². The van der Waals surface area contributed by atoms with Crippen LogP contribution in [-0.4, -0.2) is 15.1 Å². The number of carbonyl (C=O) groups excluding carboxylic acids is 1. The van der Waals surface area contributed by atoms with Crippen LogP contribution in [-0.2, 0) is 4.79 Å². The maximum Gasteiger partial charge on any atom is 0.230 e. The van der Waals surface area contributed by atoms with Gasteiger partial charge in [0.05, 0.1) is 15.9 Å². The van der Waals surface area contributed by atoms with Crippen molar-refractivity contribution in [3.63, 3.8) is 0 Å². The lowest BCUT2D eigenvalue weighted by molar-refractivity contribution is -0.112. The van der Waals surface area contributed by atoms with E-state index in [1.165, 1.54) is 22.7 Å². The largest absolute Gasteiger partial charge is 0.375 e. The molecule has 9 heteroatoms. The van der Waals surface area contributed by atoms with Crippen LogP contribution in [0.1, 0.15) is 11.7 Å². The second-order valence-electron chi connectivity index (χ2n) is 3.99. The zero-order chi connectivity index (χ0) is 14.8. The number of rotatable bonds is 4. The van der Waals surface area contributed by atoms with Gasteiger partial charge in [-0.3, -0.25) is 4.79 Å². The number of nitroso groups, excluding NO2 is 1. The fourth-order valence-electron chi connectivity index (χ4n) is 1.68. The molecule has 1 unspecified atom stereocenters. The van der Waals surface area contributed by atoms with E-state index in [4.69, 9.17) is 5.73 Å². The number of nitrogens with two attached hydrogens (primary N) is 1. The average Bonchev–Trinajstić information content (AvgIpc) is 3.05. The number of hydrogen-bond donors (Lipinski definition) is 1. The Morgan fingerprint density at radius 3 is 2.81 bits per heavy atom. The maximum absolute atomic E-state index is 12.2. The van der Waals surface area contributed by atoms with Gasteiger partial charge in [0.25, 0.3) is 0 Å². The zero-order valence-electron chi connectivity index (χ0n) is 10.4. The Hall–Kier alpha value is -1.84. The van der Waals surface area contributed by atoms with Gasteiger partial charge in [-0.15, -0.1) is 27.6 Å². The smallest absolute Gasteiger partial charge is 0.230 e. The van der Waals surface area contributed by atoms with E-state index in [0.717, 1.165) is 22.0 Å². The highest BCUT2D eigenvalue weighted by molar-refractivity contribution is 8.15. The Labute approximate surface area is 131 Å². The number of thiazole rings is 2. The molecule has 0 aliphatic rings. The topological polar surface area (TPSA) is 98.3 Å². The van der Waals surface area contributed by atoms with Crippen LogP contribution in [0, 0.1) is 4.91 Å². The molecule has 0 amide bonds. The molecular weight excluding hydrogens is 328 g/mol. The van der Waals surface area contributed by atoms with Crippen molar-refractivity contribution in [3.05, 3.63) is 40.2 Å². The summed E-state index contributed by atoms with van der Waals surface area (Å²) < 4.78 is 1.57. The van der Waals surface area contributed by atoms with Crippen LogP contribution in [0.15, 0.2) is 39.2 Å². The molecule has 3 aromatic rings. The summed E-state index contributed by atoms with van der Waals surface area (Å²) in [7, 11) is 0. The summed E-state index contributed by atoms with van der Waals surface area (Å²) in [5.74, 6) is 0. The Morgan fingerprint density at radius 2 is 2.14 bits per heavy atom. The molecule has 2 N–H and O–H groups in total. The molecule has 21 heavy (non-hydrogen) atoms. The van der Waals surface area contributed by atoms with Crippen LogP contribution in [0.25, 0.3) is 10.2 Å². The van der Waals surface area contributed by atoms with Crippen molar-refractivity contribution in [2.45, 2.75) is 10.4 Å². The van der Waals surface area contributed by atoms with Crippen LogP contribution < -0.4 is 5.73 Å². The van der Waals surface area contributed by atoms with Gasteiger partial charge < -0.3 is 5.73 Å². The number of nitrogen functional groups attached to an aromatic ring is 1. The summed E-state index contributed by atoms with van der Waals surface area (Å²) in [6.07, 6.45) is 0. The van der Waals surface area contributed by atoms with Gasteiger partial charge >= 0.3 is 0 Å². The molecule has 1 atom stereocenters. The minimum absolute atomic E-state index is 0.283. The molecule has 6 nitrogen and oxygen atoms in total. The third-order valence-electron chi connectivity index (χ3n) is 2.61. The van der Waals surface area contributed by atoms with Crippen molar-refractivity contribution in [2.75, 3.05) is 5.73 Å². The van der Waals surface area contributed by atoms with Crippen LogP contribution in [0.4, 0.5) is 5.13 Å². The number of carbonyl (C=O) groups is 1. The molecule has 0 saturated heterocycles. The van der Waals surface area contributed by atoms with Crippen LogP contribution >= 0.6 is 34.4 Å². The van der Waals surface area contributed by atoms with Crippen molar-refractivity contribution in [3.8, 4) is 0 Å². The lowest BCUT2D eigenvalue weighted by Gasteiger charge is -2.02. The van der Waals surface area contributed by atoms with E-state index in [-0.39, 0.29) is 5.69 Å². The minimum Gasteiger partial charge on any atom is -0.375 e. The van der Waals surface area contributed by atoms with Crippen LogP contribution in [0.2, 0.25) is 0 Å². The third-order valence-corrected chi connectivity index (χ3v) is 5.32. The molecular formula is C12H8N4O2S3. The zero-order valence-corrected chi connectivity index (χ0v) is 12.9. The molecule has 106 valence electrons. The van der Waals surface area contributed by atoms with Gasteiger partial charge in [0.15, 0.2) is 9.47 Å². The second kappa shape index (κ2) is 5.88. The number of benzene rings is 1. The fourth-order valence-corrected chi connectivity index (χ4v) is 4.23. The van der Waals surface area contributed by atoms with Gasteiger partial charge in [-0.25, -0.2) is 9.97 Å². The Balaban J connectivity index is 1.82. The van der Waals surface area contributed by atoms with Gasteiger partial charge in [-0.1, -0.05) is 17.3 Å². The molecule has 3 rings (SSSR count). The normalized spacial score (nSPS) is 12.4. The average molecular weight is 336 g/mol. The van der Waals surface area contributed by atoms with Gasteiger partial charge in [0.2, 0.25) is 11.2 Å². The van der Waals surface area contributed by atoms with Crippen LogP contribution in [0.5, 0.6) is 0 Å². The summed E-state index contributed by atoms with van der Waals surface area (Å²) in [6, 6.07) is 6.43. The van der Waals surface area contributed by atoms with Crippen molar-refractivity contribution in [2.24, 2.45) is 5.18 Å². The lowest BCUT2D eigenvalue weighted by atomic mass is 10.3. The summed E-state index contributed by atoms with van der Waals surface area (Å²) in [4.78, 5) is 31.4. The minimum atomic E-state index is -1.16. The number of fused-ring (bicyclic) bond motifs is 1. The van der Waals surface area contributed by atoms with E-state index >= 15 is 0 Å². The highest BCUT2D eigenvalue weighted by Crippen LogP contribution is 2.34. The summed E-state index contributed by atoms with van der Waals surface area (Å²) >= 11 is 3.47. The van der Waals surface area contributed by atoms with Gasteiger partial charge in [-0.05, 0) is 23.9 Å². The molecule has 0 fully saturated rings. The molecule has 0 spiro atoms. The summed E-state index contributed by atoms with van der Waals surface area (Å²) in [5, 5.41) is 4.33. The van der Waals surface area contributed by atoms with E-state index in [9.17, 15) is 9.70 Å². The molecule has 0 bridgehead atoms. The molecule has 0 aliphatic carbocycles. The van der Waals surface area contributed by atoms with Crippen molar-refractivity contribution < 1.29 is 4.79 Å². The number of thioether (sulfide) groups is 1. The van der Waals surface area contributed by atoms with Crippen molar-refractivity contribution in [1.82, 2.24) is 9.97 Å². The van der Waals surface area contributed by atoms with Gasteiger partial charge in [0.1, 0.15) is 0 Å². The van der Waals surface area contributed by atoms with E-state index in [2.05, 4.69) is 15.1 Å². The van der Waals surface area contributed by atoms with E-state index < -0.39 is 11.2 Å². The number of aromatic nitrogens is 2. The molecule has 0 radical (unpaired) electrons. The molecule has 1 aromatic carbocycles. The monoisotopic (exact) mass is 336 g/mol. The molecule has 2 aromatic heterocycles. The highest BCUT2D eigenvalue weighted by atomic mass is 32.2. The van der Waals surface area contributed by atoms with Crippen molar-refractivity contribution in [1.29, 1.82) is 0 Å². The first-order chi connectivity index (χ1) is 10.2. The fraction of sp³-hybridized carbons (Fsp3) is 0.0833. The second-order valence-corrected chi connectivity index (χ2v) is 7.16. The number of para-hydroxylation sites is 1.